The molecule has 0 aromatic heterocycles. The molecule has 2 aromatic rings. The second kappa shape index (κ2) is 9.65. The van der Waals surface area contributed by atoms with Crippen molar-refractivity contribution in [1.29, 1.82) is 0 Å². The molecule has 2 rings (SSSR count). The predicted octanol–water partition coefficient (Wildman–Crippen LogP) is 2.91. The highest BCUT2D eigenvalue weighted by molar-refractivity contribution is 7.92. The molecule has 0 aliphatic heterocycles. The maximum absolute atomic E-state index is 13.2. The number of likely N-dealkylation sites (N-methyl/N-ethyl adjacent to an activating group) is 1. The van der Waals surface area contributed by atoms with Crippen LogP contribution in [0.25, 0.3) is 0 Å². The van der Waals surface area contributed by atoms with Gasteiger partial charge in [0, 0.05) is 13.6 Å². The van der Waals surface area contributed by atoms with Crippen LogP contribution < -0.4 is 13.8 Å². The number of amides is 1. The second-order valence-electron chi connectivity index (χ2n) is 6.70. The van der Waals surface area contributed by atoms with Crippen molar-refractivity contribution < 1.29 is 22.7 Å². The number of para-hydroxylation sites is 1. The topological polar surface area (TPSA) is 76.2 Å². The summed E-state index contributed by atoms with van der Waals surface area (Å²) in [6.45, 7) is 2.11. The van der Waals surface area contributed by atoms with E-state index in [1.807, 2.05) is 6.07 Å². The maximum Gasteiger partial charge on any atom is 0.246 e. The standard InChI is InChI=1S/C21H28N2O5S/c1-6-18(23(29(5,25)26)17-10-8-7-9-11-17)21(24)22(2)15-16-12-13-19(27-3)20(14-16)28-4/h7-14,18H,6,15H2,1-5H3. The van der Waals surface area contributed by atoms with Gasteiger partial charge in [-0.05, 0) is 36.2 Å². The van der Waals surface area contributed by atoms with E-state index in [0.717, 1.165) is 11.8 Å². The van der Waals surface area contributed by atoms with E-state index in [1.165, 1.54) is 9.21 Å². The summed E-state index contributed by atoms with van der Waals surface area (Å²) >= 11 is 0. The number of anilines is 1. The zero-order valence-corrected chi connectivity index (χ0v) is 18.3. The lowest BCUT2D eigenvalue weighted by Gasteiger charge is -2.33. The third-order valence-electron chi connectivity index (χ3n) is 4.57. The molecule has 1 unspecified atom stereocenters. The number of hydrogen-bond donors (Lipinski definition) is 0. The average molecular weight is 421 g/mol. The molecule has 0 bridgehead atoms. The second-order valence-corrected chi connectivity index (χ2v) is 8.56. The van der Waals surface area contributed by atoms with Crippen LogP contribution in [0.1, 0.15) is 18.9 Å². The Labute approximate surface area is 172 Å². The minimum atomic E-state index is -3.65. The zero-order valence-electron chi connectivity index (χ0n) is 17.5. The molecule has 0 spiro atoms. The molecule has 1 amide bonds. The first-order valence-corrected chi connectivity index (χ1v) is 11.1. The van der Waals surface area contributed by atoms with Crippen molar-refractivity contribution in [2.45, 2.75) is 25.9 Å². The van der Waals surface area contributed by atoms with Crippen molar-refractivity contribution in [2.24, 2.45) is 0 Å². The molecule has 0 aliphatic rings. The van der Waals surface area contributed by atoms with E-state index >= 15 is 0 Å². The van der Waals surface area contributed by atoms with E-state index in [2.05, 4.69) is 0 Å². The number of benzene rings is 2. The number of methoxy groups -OCH3 is 2. The first-order chi connectivity index (χ1) is 13.7. The van der Waals surface area contributed by atoms with Gasteiger partial charge in [-0.25, -0.2) is 8.42 Å². The Morgan fingerprint density at radius 3 is 2.17 bits per heavy atom. The molecule has 0 aliphatic carbocycles. The lowest BCUT2D eigenvalue weighted by atomic mass is 10.1. The largest absolute Gasteiger partial charge is 0.493 e. The van der Waals surface area contributed by atoms with Gasteiger partial charge < -0.3 is 14.4 Å². The van der Waals surface area contributed by atoms with E-state index in [-0.39, 0.29) is 5.91 Å². The highest BCUT2D eigenvalue weighted by atomic mass is 32.2. The molecule has 1 atom stereocenters. The summed E-state index contributed by atoms with van der Waals surface area (Å²) in [6.07, 6.45) is 1.46. The monoisotopic (exact) mass is 420 g/mol. The van der Waals surface area contributed by atoms with E-state index in [0.29, 0.717) is 30.2 Å². The Morgan fingerprint density at radius 2 is 1.66 bits per heavy atom. The smallest absolute Gasteiger partial charge is 0.246 e. The van der Waals surface area contributed by atoms with Gasteiger partial charge in [0.05, 0.1) is 26.2 Å². The van der Waals surface area contributed by atoms with Gasteiger partial charge in [-0.15, -0.1) is 0 Å². The number of hydrogen-bond acceptors (Lipinski definition) is 5. The summed E-state index contributed by atoms with van der Waals surface area (Å²) in [6, 6.07) is 13.3. The van der Waals surface area contributed by atoms with Crippen LogP contribution in [0.2, 0.25) is 0 Å². The summed E-state index contributed by atoms with van der Waals surface area (Å²) < 4.78 is 36.7. The number of carbonyl (C=O) groups is 1. The average Bonchev–Trinajstić information content (AvgIpc) is 2.70. The SMILES string of the molecule is CCC(C(=O)N(C)Cc1ccc(OC)c(OC)c1)N(c1ccccc1)S(C)(=O)=O. The Bertz CT molecular complexity index is 931. The lowest BCUT2D eigenvalue weighted by Crippen LogP contribution is -2.49. The highest BCUT2D eigenvalue weighted by Gasteiger charge is 2.33. The molecule has 7 nitrogen and oxygen atoms in total. The van der Waals surface area contributed by atoms with E-state index in [4.69, 9.17) is 9.47 Å². The highest BCUT2D eigenvalue weighted by Crippen LogP contribution is 2.28. The minimum absolute atomic E-state index is 0.281. The maximum atomic E-state index is 13.2. The normalized spacial score (nSPS) is 12.2. The van der Waals surface area contributed by atoms with Crippen LogP contribution in [0.15, 0.2) is 48.5 Å². The quantitative estimate of drug-likeness (QED) is 0.623. The Morgan fingerprint density at radius 1 is 1.03 bits per heavy atom. The van der Waals surface area contributed by atoms with Gasteiger partial charge in [0.1, 0.15) is 6.04 Å². The number of sulfonamides is 1. The fourth-order valence-electron chi connectivity index (χ4n) is 3.20. The molecule has 0 N–H and O–H groups in total. The molecule has 0 saturated carbocycles. The molecule has 2 aromatic carbocycles. The third-order valence-corrected chi connectivity index (χ3v) is 5.75. The van der Waals surface area contributed by atoms with Gasteiger partial charge in [0.15, 0.2) is 11.5 Å². The van der Waals surface area contributed by atoms with Crippen molar-refractivity contribution in [3.63, 3.8) is 0 Å². The van der Waals surface area contributed by atoms with Crippen LogP contribution in [0, 0.1) is 0 Å². The van der Waals surface area contributed by atoms with Crippen LogP contribution >= 0.6 is 0 Å². The molecular formula is C21H28N2O5S. The molecule has 0 saturated heterocycles. The summed E-state index contributed by atoms with van der Waals surface area (Å²) in [5.74, 6) is 0.889. The van der Waals surface area contributed by atoms with E-state index < -0.39 is 16.1 Å². The minimum Gasteiger partial charge on any atom is -0.493 e. The summed E-state index contributed by atoms with van der Waals surface area (Å²) in [5, 5.41) is 0. The molecule has 0 heterocycles. The van der Waals surface area contributed by atoms with Crippen LogP contribution in [-0.4, -0.2) is 52.8 Å². The van der Waals surface area contributed by atoms with Gasteiger partial charge in [0.2, 0.25) is 15.9 Å². The molecule has 158 valence electrons. The molecule has 8 heteroatoms. The van der Waals surface area contributed by atoms with Gasteiger partial charge >= 0.3 is 0 Å². The van der Waals surface area contributed by atoms with Crippen molar-refractivity contribution in [1.82, 2.24) is 4.90 Å². The first kappa shape index (κ1) is 22.5. The molecule has 29 heavy (non-hydrogen) atoms. The molecule has 0 radical (unpaired) electrons. The predicted molar refractivity (Wildman–Crippen MR) is 114 cm³/mol. The third kappa shape index (κ3) is 5.41. The zero-order chi connectivity index (χ0) is 21.6. The Kier molecular flexibility index (Phi) is 7.50. The van der Waals surface area contributed by atoms with Crippen molar-refractivity contribution >= 4 is 21.6 Å². The van der Waals surface area contributed by atoms with Crippen molar-refractivity contribution in [2.75, 3.05) is 31.8 Å². The number of rotatable bonds is 9. The Hall–Kier alpha value is -2.74. The van der Waals surface area contributed by atoms with Crippen LogP contribution in [0.5, 0.6) is 11.5 Å². The number of ether oxygens (including phenoxy) is 2. The van der Waals surface area contributed by atoms with Gasteiger partial charge in [-0.3, -0.25) is 9.10 Å². The van der Waals surface area contributed by atoms with Crippen LogP contribution in [0.4, 0.5) is 5.69 Å². The molecule has 0 fully saturated rings. The number of carbonyl (C=O) groups excluding carboxylic acids is 1. The first-order valence-electron chi connectivity index (χ1n) is 9.23. The van der Waals surface area contributed by atoms with Crippen molar-refractivity contribution in [3.8, 4) is 11.5 Å². The fourth-order valence-corrected chi connectivity index (χ4v) is 4.41. The van der Waals surface area contributed by atoms with E-state index in [9.17, 15) is 13.2 Å². The fraction of sp³-hybridized carbons (Fsp3) is 0.381. The van der Waals surface area contributed by atoms with Crippen LogP contribution in [0.3, 0.4) is 0 Å². The van der Waals surface area contributed by atoms with Gasteiger partial charge in [0.25, 0.3) is 0 Å². The van der Waals surface area contributed by atoms with Crippen molar-refractivity contribution in [3.05, 3.63) is 54.1 Å². The van der Waals surface area contributed by atoms with Gasteiger partial charge in [-0.1, -0.05) is 31.2 Å². The number of nitrogens with zero attached hydrogens (tertiary/aromatic N) is 2. The van der Waals surface area contributed by atoms with E-state index in [1.54, 1.807) is 70.7 Å². The molecular weight excluding hydrogens is 392 g/mol. The van der Waals surface area contributed by atoms with Crippen LogP contribution in [-0.2, 0) is 21.4 Å². The lowest BCUT2D eigenvalue weighted by molar-refractivity contribution is -0.131. The summed E-state index contributed by atoms with van der Waals surface area (Å²) in [5.41, 5.74) is 1.31. The summed E-state index contributed by atoms with van der Waals surface area (Å²) in [7, 11) is 1.12. The summed E-state index contributed by atoms with van der Waals surface area (Å²) in [4.78, 5) is 14.7. The Balaban J connectivity index is 2.29. The van der Waals surface area contributed by atoms with Gasteiger partial charge in [-0.2, -0.15) is 0 Å².